The molecule has 0 unspecified atom stereocenters. The number of rotatable bonds is 4. The van der Waals surface area contributed by atoms with Gasteiger partial charge in [-0.05, 0) is 43.9 Å². The number of ether oxygens (including phenoxy) is 1. The van der Waals surface area contributed by atoms with Crippen molar-refractivity contribution in [1.29, 1.82) is 0 Å². The second-order valence-electron chi connectivity index (χ2n) is 6.39. The Morgan fingerprint density at radius 3 is 2.64 bits per heavy atom. The molecule has 0 saturated carbocycles. The van der Waals surface area contributed by atoms with Gasteiger partial charge in [0.2, 0.25) is 0 Å². The lowest BCUT2D eigenvalue weighted by Gasteiger charge is -2.30. The van der Waals surface area contributed by atoms with Gasteiger partial charge in [-0.3, -0.25) is 5.32 Å². The van der Waals surface area contributed by atoms with Gasteiger partial charge in [0.05, 0.1) is 11.4 Å². The number of aromatic nitrogens is 1. The van der Waals surface area contributed by atoms with E-state index in [1.54, 1.807) is 0 Å². The summed E-state index contributed by atoms with van der Waals surface area (Å²) in [4.78, 5) is 40.8. The molecule has 2 aromatic rings. The Morgan fingerprint density at radius 2 is 1.93 bits per heavy atom. The molecule has 1 fully saturated rings. The Morgan fingerprint density at radius 1 is 1.18 bits per heavy atom. The van der Waals surface area contributed by atoms with E-state index in [4.69, 9.17) is 5.73 Å². The van der Waals surface area contributed by atoms with Crippen LogP contribution < -0.4 is 21.3 Å². The quantitative estimate of drug-likeness (QED) is 0.531. The molecular weight excluding hydrogens is 382 g/mol. The fraction of sp³-hybridized carbons (Fsp3) is 0.333. The monoisotopic (exact) mass is 403 g/mol. The molecule has 1 aliphatic rings. The van der Waals surface area contributed by atoms with Crippen LogP contribution in [-0.4, -0.2) is 36.2 Å². The number of nitrogens with one attached hydrogen (secondary N) is 2. The summed E-state index contributed by atoms with van der Waals surface area (Å²) in [6.07, 6.45) is 2.26. The largest absolute Gasteiger partial charge is 0.412 e. The van der Waals surface area contributed by atoms with E-state index in [0.717, 1.165) is 48.5 Å². The van der Waals surface area contributed by atoms with Gasteiger partial charge < -0.3 is 20.7 Å². The Labute approximate surface area is 165 Å². The second kappa shape index (κ2) is 8.70. The molecule has 1 aliphatic heterocycles. The zero-order chi connectivity index (χ0) is 20.1. The summed E-state index contributed by atoms with van der Waals surface area (Å²) in [6, 6.07) is 5.38. The highest BCUT2D eigenvalue weighted by Gasteiger charge is 2.18. The van der Waals surface area contributed by atoms with E-state index in [2.05, 4.69) is 31.3 Å². The number of amides is 3. The number of aryl methyl sites for hydroxylation is 1. The normalized spacial score (nSPS) is 13.7. The molecule has 148 valence electrons. The lowest BCUT2D eigenvalue weighted by atomic mass is 10.1. The number of carbonyl (C=O) groups excluding carboxylic acids is 3. The molecule has 3 amide bonds. The minimum Gasteiger partial charge on any atom is -0.372 e. The fourth-order valence-electron chi connectivity index (χ4n) is 2.96. The Bertz CT molecular complexity index is 892. The van der Waals surface area contributed by atoms with Gasteiger partial charge >= 0.3 is 18.1 Å². The summed E-state index contributed by atoms with van der Waals surface area (Å²) in [7, 11) is 0. The van der Waals surface area contributed by atoms with Crippen molar-refractivity contribution in [3.63, 3.8) is 0 Å². The number of anilines is 3. The first kappa shape index (κ1) is 19.6. The highest BCUT2D eigenvalue weighted by molar-refractivity contribution is 7.14. The number of thiazole rings is 1. The number of hydrogen-bond acceptors (Lipinski definition) is 7. The van der Waals surface area contributed by atoms with Gasteiger partial charge in [-0.2, -0.15) is 0 Å². The third kappa shape index (κ3) is 4.97. The molecule has 1 aromatic carbocycles. The molecule has 1 aromatic heterocycles. The first-order valence-electron chi connectivity index (χ1n) is 8.83. The van der Waals surface area contributed by atoms with Crippen LogP contribution in [0.2, 0.25) is 0 Å². The van der Waals surface area contributed by atoms with E-state index >= 15 is 0 Å². The lowest BCUT2D eigenvalue weighted by Crippen LogP contribution is -2.31. The third-order valence-corrected chi connectivity index (χ3v) is 4.98. The van der Waals surface area contributed by atoms with Crippen LogP contribution in [0.25, 0.3) is 0 Å². The van der Waals surface area contributed by atoms with Crippen molar-refractivity contribution in [2.45, 2.75) is 26.2 Å². The van der Waals surface area contributed by atoms with Crippen LogP contribution in [0.4, 0.5) is 26.1 Å². The fourth-order valence-corrected chi connectivity index (χ4v) is 3.64. The summed E-state index contributed by atoms with van der Waals surface area (Å²) < 4.78 is 4.25. The topological polar surface area (TPSA) is 127 Å². The Balaban J connectivity index is 1.67. The van der Waals surface area contributed by atoms with Crippen LogP contribution in [-0.2, 0) is 4.74 Å². The van der Waals surface area contributed by atoms with Crippen molar-refractivity contribution in [2.24, 2.45) is 5.73 Å². The van der Waals surface area contributed by atoms with Crippen molar-refractivity contribution in [3.05, 3.63) is 34.8 Å². The maximum absolute atomic E-state index is 12.4. The van der Waals surface area contributed by atoms with Crippen LogP contribution >= 0.6 is 11.3 Å². The Hall–Kier alpha value is -3.14. The number of benzene rings is 1. The van der Waals surface area contributed by atoms with Crippen LogP contribution in [0.1, 0.15) is 35.3 Å². The molecule has 1 saturated heterocycles. The summed E-state index contributed by atoms with van der Waals surface area (Å²) in [5.74, 6) is -0.969. The number of nitrogens with two attached hydrogens (primary N) is 1. The number of esters is 1. The number of hydrogen-bond donors (Lipinski definition) is 3. The summed E-state index contributed by atoms with van der Waals surface area (Å²) in [5, 5.41) is 6.98. The van der Waals surface area contributed by atoms with Crippen molar-refractivity contribution in [3.8, 4) is 0 Å². The molecule has 2 heterocycles. The lowest BCUT2D eigenvalue weighted by molar-refractivity contribution is 0.0633. The molecule has 9 nitrogen and oxygen atoms in total. The number of piperidine rings is 1. The van der Waals surface area contributed by atoms with Gasteiger partial charge in [-0.25, -0.2) is 19.4 Å². The first-order chi connectivity index (χ1) is 13.4. The van der Waals surface area contributed by atoms with Gasteiger partial charge in [-0.15, -0.1) is 11.3 Å². The number of carbonyl (C=O) groups is 3. The smallest absolute Gasteiger partial charge is 0.372 e. The number of urea groups is 1. The van der Waals surface area contributed by atoms with Gasteiger partial charge in [0.15, 0.2) is 10.8 Å². The highest BCUT2D eigenvalue weighted by atomic mass is 32.1. The highest BCUT2D eigenvalue weighted by Crippen LogP contribution is 2.30. The minimum absolute atomic E-state index is 0.108. The molecule has 28 heavy (non-hydrogen) atoms. The maximum atomic E-state index is 12.4. The number of primary amides is 1. The molecule has 4 N–H and O–H groups in total. The molecule has 0 radical (unpaired) electrons. The van der Waals surface area contributed by atoms with Gasteiger partial charge in [-0.1, -0.05) is 6.07 Å². The predicted octanol–water partition coefficient (Wildman–Crippen LogP) is 3.32. The summed E-state index contributed by atoms with van der Waals surface area (Å²) in [5.41, 5.74) is 7.50. The molecule has 0 aliphatic carbocycles. The van der Waals surface area contributed by atoms with E-state index in [-0.39, 0.29) is 10.8 Å². The molecule has 0 atom stereocenters. The minimum atomic E-state index is -1.21. The van der Waals surface area contributed by atoms with Crippen molar-refractivity contribution >= 4 is 45.9 Å². The van der Waals surface area contributed by atoms with Crippen LogP contribution in [0.15, 0.2) is 23.6 Å². The van der Waals surface area contributed by atoms with Crippen LogP contribution in [0.5, 0.6) is 0 Å². The van der Waals surface area contributed by atoms with Crippen LogP contribution in [0, 0.1) is 6.92 Å². The van der Waals surface area contributed by atoms with Gasteiger partial charge in [0, 0.05) is 18.5 Å². The van der Waals surface area contributed by atoms with Crippen molar-refractivity contribution < 1.29 is 19.1 Å². The Kier molecular flexibility index (Phi) is 6.09. The zero-order valence-electron chi connectivity index (χ0n) is 15.4. The predicted molar refractivity (Wildman–Crippen MR) is 107 cm³/mol. The standard InChI is InChI=1S/C18H21N5O4S/c1-11-5-6-12(14(9-11)23-7-3-2-4-8-23)20-17(26)22-18-21-13(10-28-18)15(24)27-16(19)25/h5-6,9-10H,2-4,7-8H2,1H3,(H2,19,25)(H2,20,21,22,26). The van der Waals surface area contributed by atoms with Gasteiger partial charge in [0.1, 0.15) is 0 Å². The zero-order valence-corrected chi connectivity index (χ0v) is 16.2. The van der Waals surface area contributed by atoms with E-state index < -0.39 is 18.1 Å². The molecule has 10 heteroatoms. The van der Waals surface area contributed by atoms with Crippen LogP contribution in [0.3, 0.4) is 0 Å². The van der Waals surface area contributed by atoms with E-state index in [1.165, 1.54) is 11.8 Å². The van der Waals surface area contributed by atoms with E-state index in [0.29, 0.717) is 5.69 Å². The molecule has 3 rings (SSSR count). The SMILES string of the molecule is Cc1ccc(NC(=O)Nc2nc(C(=O)OC(N)=O)cs2)c(N2CCCCC2)c1. The van der Waals surface area contributed by atoms with Crippen molar-refractivity contribution in [2.75, 3.05) is 28.6 Å². The average molecular weight is 403 g/mol. The third-order valence-electron chi connectivity index (χ3n) is 4.23. The van der Waals surface area contributed by atoms with Gasteiger partial charge in [0.25, 0.3) is 0 Å². The van der Waals surface area contributed by atoms with E-state index in [1.807, 2.05) is 19.1 Å². The molecular formula is C18H21N5O4S. The number of nitrogens with zero attached hydrogens (tertiary/aromatic N) is 2. The average Bonchev–Trinajstić information content (AvgIpc) is 3.12. The summed E-state index contributed by atoms with van der Waals surface area (Å²) in [6.45, 7) is 3.93. The van der Waals surface area contributed by atoms with Crippen molar-refractivity contribution in [1.82, 2.24) is 4.98 Å². The molecule has 0 bridgehead atoms. The first-order valence-corrected chi connectivity index (χ1v) is 9.71. The summed E-state index contributed by atoms with van der Waals surface area (Å²) >= 11 is 1.03. The second-order valence-corrected chi connectivity index (χ2v) is 7.25. The maximum Gasteiger partial charge on any atom is 0.412 e. The van der Waals surface area contributed by atoms with E-state index in [9.17, 15) is 14.4 Å². The molecule has 0 spiro atoms.